The molecule has 0 radical (unpaired) electrons. The average Bonchev–Trinajstić information content (AvgIpc) is 2.91. The molecule has 1 aromatic heterocycles. The number of para-hydroxylation sites is 1. The predicted molar refractivity (Wildman–Crippen MR) is 140 cm³/mol. The minimum absolute atomic E-state index is 0.179. The zero-order valence-electron chi connectivity index (χ0n) is 20.5. The van der Waals surface area contributed by atoms with Gasteiger partial charge in [-0.1, -0.05) is 42.1 Å². The second kappa shape index (κ2) is 12.6. The van der Waals surface area contributed by atoms with E-state index in [1.165, 1.54) is 0 Å². The minimum Gasteiger partial charge on any atom is -0.496 e. The van der Waals surface area contributed by atoms with E-state index in [1.54, 1.807) is 31.3 Å². The van der Waals surface area contributed by atoms with Crippen LogP contribution >= 0.6 is 11.8 Å². The van der Waals surface area contributed by atoms with Gasteiger partial charge in [0, 0.05) is 63.5 Å². The van der Waals surface area contributed by atoms with Gasteiger partial charge in [0.1, 0.15) is 5.75 Å². The molecule has 1 aliphatic heterocycles. The molecule has 0 atom stereocenters. The Balaban J connectivity index is 1.24. The summed E-state index contributed by atoms with van der Waals surface area (Å²) in [5.41, 5.74) is 1.14. The first-order chi connectivity index (χ1) is 17.1. The average molecular weight is 492 g/mol. The molecule has 184 valence electrons. The largest absolute Gasteiger partial charge is 0.496 e. The summed E-state index contributed by atoms with van der Waals surface area (Å²) in [4.78, 5) is 30.2. The molecular weight excluding hydrogens is 458 g/mol. The molecule has 1 fully saturated rings. The lowest BCUT2D eigenvalue weighted by molar-refractivity contribution is -0.130. The Morgan fingerprint density at radius 1 is 0.971 bits per heavy atom. The highest BCUT2D eigenvalue weighted by Crippen LogP contribution is 2.36. The third-order valence-electron chi connectivity index (χ3n) is 6.17. The number of benzene rings is 2. The van der Waals surface area contributed by atoms with E-state index in [1.807, 2.05) is 48.3 Å². The van der Waals surface area contributed by atoms with Gasteiger partial charge in [0.25, 0.3) is 0 Å². The number of hydrogen-bond acceptors (Lipinski definition) is 7. The van der Waals surface area contributed by atoms with Gasteiger partial charge in [-0.2, -0.15) is 0 Å². The first-order valence-electron chi connectivity index (χ1n) is 12.0. The molecule has 1 amide bonds. The smallest absolute Gasteiger partial charge is 0.225 e. The van der Waals surface area contributed by atoms with Crippen LogP contribution in [0.15, 0.2) is 76.8 Å². The van der Waals surface area contributed by atoms with Crippen molar-refractivity contribution in [3.8, 4) is 5.75 Å². The fraction of sp³-hybridized carbons (Fsp3) is 0.370. The SMILES string of the molecule is COc1ccccc1Sc1ccccc1CN(C)C(=O)CCCN1CCN(c2ncccn2)CC1. The van der Waals surface area contributed by atoms with E-state index < -0.39 is 0 Å². The molecule has 1 aliphatic rings. The van der Waals surface area contributed by atoms with Gasteiger partial charge >= 0.3 is 0 Å². The molecule has 2 aromatic carbocycles. The van der Waals surface area contributed by atoms with E-state index in [-0.39, 0.29) is 5.91 Å². The Labute approximate surface area is 212 Å². The molecule has 0 unspecified atom stereocenters. The number of amides is 1. The number of ether oxygens (including phenoxy) is 1. The molecular formula is C27H33N5O2S. The number of piperazine rings is 1. The van der Waals surface area contributed by atoms with Crippen LogP contribution in [0.25, 0.3) is 0 Å². The number of carbonyl (C=O) groups is 1. The number of rotatable bonds is 10. The number of carbonyl (C=O) groups excluding carboxylic acids is 1. The standard InChI is InChI=1S/C27H33N5O2S/c1-30(21-22-9-3-5-11-24(22)35-25-12-6-4-10-23(25)34-2)26(33)13-7-16-31-17-19-32(20-18-31)27-28-14-8-15-29-27/h3-6,8-12,14-15H,7,13,16-21H2,1-2H3. The summed E-state index contributed by atoms with van der Waals surface area (Å²) in [6.07, 6.45) is 4.99. The number of hydrogen-bond donors (Lipinski definition) is 0. The molecule has 4 rings (SSSR count). The van der Waals surface area contributed by atoms with Gasteiger partial charge in [-0.25, -0.2) is 9.97 Å². The lowest BCUT2D eigenvalue weighted by Crippen LogP contribution is -2.47. The first-order valence-corrected chi connectivity index (χ1v) is 12.8. The van der Waals surface area contributed by atoms with Crippen molar-refractivity contribution in [1.29, 1.82) is 0 Å². The van der Waals surface area contributed by atoms with E-state index in [0.717, 1.165) is 66.2 Å². The lowest BCUT2D eigenvalue weighted by Gasteiger charge is -2.34. The summed E-state index contributed by atoms with van der Waals surface area (Å²) < 4.78 is 5.50. The highest BCUT2D eigenvalue weighted by atomic mass is 32.2. The Hall–Kier alpha value is -3.10. The van der Waals surface area contributed by atoms with Crippen molar-refractivity contribution in [2.45, 2.75) is 29.2 Å². The number of aromatic nitrogens is 2. The third-order valence-corrected chi connectivity index (χ3v) is 7.34. The molecule has 8 heteroatoms. The van der Waals surface area contributed by atoms with Gasteiger partial charge in [0.15, 0.2) is 0 Å². The highest BCUT2D eigenvalue weighted by Gasteiger charge is 2.19. The Morgan fingerprint density at radius 3 is 2.40 bits per heavy atom. The van der Waals surface area contributed by atoms with Crippen LogP contribution in [0.2, 0.25) is 0 Å². The lowest BCUT2D eigenvalue weighted by atomic mass is 10.2. The van der Waals surface area contributed by atoms with E-state index in [0.29, 0.717) is 13.0 Å². The summed E-state index contributed by atoms with van der Waals surface area (Å²) >= 11 is 1.67. The van der Waals surface area contributed by atoms with E-state index >= 15 is 0 Å². The van der Waals surface area contributed by atoms with Crippen molar-refractivity contribution < 1.29 is 9.53 Å². The normalized spacial score (nSPS) is 14.1. The van der Waals surface area contributed by atoms with Crippen LogP contribution in [0.5, 0.6) is 5.75 Å². The number of nitrogens with zero attached hydrogens (tertiary/aromatic N) is 5. The summed E-state index contributed by atoms with van der Waals surface area (Å²) in [7, 11) is 3.58. The molecule has 0 spiro atoms. The van der Waals surface area contributed by atoms with Crippen LogP contribution in [0.1, 0.15) is 18.4 Å². The van der Waals surface area contributed by atoms with Crippen molar-refractivity contribution in [3.63, 3.8) is 0 Å². The van der Waals surface area contributed by atoms with E-state index in [4.69, 9.17) is 4.74 Å². The molecule has 0 bridgehead atoms. The molecule has 3 aromatic rings. The number of methoxy groups -OCH3 is 1. The molecule has 0 aliphatic carbocycles. The second-order valence-electron chi connectivity index (χ2n) is 8.59. The first kappa shape index (κ1) is 25.0. The maximum Gasteiger partial charge on any atom is 0.225 e. The third kappa shape index (κ3) is 6.96. The predicted octanol–water partition coefficient (Wildman–Crippen LogP) is 4.20. The second-order valence-corrected chi connectivity index (χ2v) is 9.68. The van der Waals surface area contributed by atoms with Crippen LogP contribution in [0, 0.1) is 0 Å². The zero-order chi connectivity index (χ0) is 24.5. The van der Waals surface area contributed by atoms with Crippen molar-refractivity contribution >= 4 is 23.6 Å². The molecule has 7 nitrogen and oxygen atoms in total. The Kier molecular flexibility index (Phi) is 8.97. The van der Waals surface area contributed by atoms with Crippen LogP contribution < -0.4 is 9.64 Å². The summed E-state index contributed by atoms with van der Waals surface area (Å²) in [5, 5.41) is 0. The van der Waals surface area contributed by atoms with Crippen molar-refractivity contribution in [1.82, 2.24) is 19.8 Å². The van der Waals surface area contributed by atoms with Crippen LogP contribution in [-0.2, 0) is 11.3 Å². The maximum atomic E-state index is 12.9. The molecule has 35 heavy (non-hydrogen) atoms. The van der Waals surface area contributed by atoms with Crippen LogP contribution in [0.3, 0.4) is 0 Å². The van der Waals surface area contributed by atoms with Gasteiger partial charge in [0.2, 0.25) is 11.9 Å². The van der Waals surface area contributed by atoms with Gasteiger partial charge in [-0.3, -0.25) is 9.69 Å². The monoisotopic (exact) mass is 491 g/mol. The molecule has 2 heterocycles. The Morgan fingerprint density at radius 2 is 1.66 bits per heavy atom. The van der Waals surface area contributed by atoms with Gasteiger partial charge in [0.05, 0.1) is 12.0 Å². The molecule has 0 N–H and O–H groups in total. The minimum atomic E-state index is 0.179. The summed E-state index contributed by atoms with van der Waals surface area (Å²) in [6.45, 7) is 5.29. The van der Waals surface area contributed by atoms with Crippen molar-refractivity contribution in [2.24, 2.45) is 0 Å². The number of anilines is 1. The highest BCUT2D eigenvalue weighted by molar-refractivity contribution is 7.99. The van der Waals surface area contributed by atoms with Crippen LogP contribution in [-0.4, -0.2) is 72.6 Å². The van der Waals surface area contributed by atoms with Gasteiger partial charge in [-0.15, -0.1) is 0 Å². The van der Waals surface area contributed by atoms with E-state index in [2.05, 4.69) is 38.0 Å². The van der Waals surface area contributed by atoms with Crippen molar-refractivity contribution in [2.75, 3.05) is 51.8 Å². The van der Waals surface area contributed by atoms with E-state index in [9.17, 15) is 4.79 Å². The quantitative estimate of drug-likeness (QED) is 0.421. The van der Waals surface area contributed by atoms with Crippen molar-refractivity contribution in [3.05, 3.63) is 72.6 Å². The molecule has 1 saturated heterocycles. The van der Waals surface area contributed by atoms with Crippen LogP contribution in [0.4, 0.5) is 5.95 Å². The summed E-state index contributed by atoms with van der Waals surface area (Å²) in [5.74, 6) is 1.83. The van der Waals surface area contributed by atoms with Gasteiger partial charge in [-0.05, 0) is 42.8 Å². The fourth-order valence-corrected chi connectivity index (χ4v) is 5.22. The maximum absolute atomic E-state index is 12.9. The zero-order valence-corrected chi connectivity index (χ0v) is 21.3. The Bertz CT molecular complexity index is 1090. The topological polar surface area (TPSA) is 61.8 Å². The summed E-state index contributed by atoms with van der Waals surface area (Å²) in [6, 6.07) is 18.1. The fourth-order valence-electron chi connectivity index (χ4n) is 4.17. The van der Waals surface area contributed by atoms with Gasteiger partial charge < -0.3 is 14.5 Å². The molecule has 0 saturated carbocycles.